The van der Waals surface area contributed by atoms with Gasteiger partial charge >= 0.3 is 0 Å². The molecule has 0 radical (unpaired) electrons. The number of carbonyl (C=O) groups excluding carboxylic acids is 1. The van der Waals surface area contributed by atoms with Crippen LogP contribution in [0.4, 0.5) is 0 Å². The van der Waals surface area contributed by atoms with Crippen molar-refractivity contribution in [3.63, 3.8) is 0 Å². The first kappa shape index (κ1) is 18.3. The van der Waals surface area contributed by atoms with Crippen LogP contribution in [0.3, 0.4) is 0 Å². The number of methoxy groups -OCH3 is 1. The van der Waals surface area contributed by atoms with Gasteiger partial charge in [0.1, 0.15) is 12.4 Å². The van der Waals surface area contributed by atoms with Gasteiger partial charge in [-0.25, -0.2) is 0 Å². The molecular formula is C21H22O4. The molecule has 0 spiro atoms. The number of aromatic hydroxyl groups is 1. The molecule has 2 rings (SSSR count). The van der Waals surface area contributed by atoms with E-state index in [-0.39, 0.29) is 11.5 Å². The van der Waals surface area contributed by atoms with Gasteiger partial charge < -0.3 is 14.6 Å². The summed E-state index contributed by atoms with van der Waals surface area (Å²) < 4.78 is 11.0. The highest BCUT2D eigenvalue weighted by atomic mass is 16.5. The minimum absolute atomic E-state index is 0.132. The summed E-state index contributed by atoms with van der Waals surface area (Å²) >= 11 is 0. The Hall–Kier alpha value is -3.01. The summed E-state index contributed by atoms with van der Waals surface area (Å²) in [6.07, 6.45) is 4.98. The summed E-state index contributed by atoms with van der Waals surface area (Å²) in [4.78, 5) is 12.3. The first-order valence-corrected chi connectivity index (χ1v) is 7.96. The molecule has 4 heteroatoms. The standard InChI is InChI=1S/C21H22O4/c1-15(2)12-13-25-20-11-9-17(14-21(20)24-3)19(23)10-8-16-6-4-5-7-18(16)22/h4-12,14,22H,13H2,1-3H3/b10-8+. The molecule has 2 aromatic carbocycles. The number of hydrogen-bond donors (Lipinski definition) is 1. The van der Waals surface area contributed by atoms with E-state index >= 15 is 0 Å². The topological polar surface area (TPSA) is 55.8 Å². The van der Waals surface area contributed by atoms with Crippen LogP contribution in [0, 0.1) is 0 Å². The number of carbonyl (C=O) groups is 1. The average Bonchev–Trinajstić information content (AvgIpc) is 2.60. The monoisotopic (exact) mass is 338 g/mol. The summed E-state index contributed by atoms with van der Waals surface area (Å²) in [6.45, 7) is 4.44. The maximum absolute atomic E-state index is 12.3. The van der Waals surface area contributed by atoms with Crippen LogP contribution in [0.15, 0.2) is 60.2 Å². The molecule has 1 N–H and O–H groups in total. The molecule has 0 heterocycles. The highest BCUT2D eigenvalue weighted by Crippen LogP contribution is 2.28. The van der Waals surface area contributed by atoms with Gasteiger partial charge in [0, 0.05) is 11.1 Å². The van der Waals surface area contributed by atoms with E-state index in [0.29, 0.717) is 29.2 Å². The number of hydrogen-bond acceptors (Lipinski definition) is 4. The summed E-state index contributed by atoms with van der Waals surface area (Å²) in [5.74, 6) is 1.04. The molecule has 0 aliphatic rings. The highest BCUT2D eigenvalue weighted by Gasteiger charge is 2.09. The Bertz CT molecular complexity index is 799. The molecule has 0 fully saturated rings. The Morgan fingerprint density at radius 1 is 1.12 bits per heavy atom. The number of rotatable bonds is 7. The van der Waals surface area contributed by atoms with Crippen LogP contribution in [0.2, 0.25) is 0 Å². The second-order valence-corrected chi connectivity index (χ2v) is 5.71. The fourth-order valence-corrected chi connectivity index (χ4v) is 2.13. The molecule has 130 valence electrons. The van der Waals surface area contributed by atoms with Gasteiger partial charge in [0.2, 0.25) is 0 Å². The van der Waals surface area contributed by atoms with Gasteiger partial charge in [0.05, 0.1) is 7.11 Å². The fourth-order valence-electron chi connectivity index (χ4n) is 2.13. The molecule has 2 aromatic rings. The van der Waals surface area contributed by atoms with Crippen molar-refractivity contribution in [1.82, 2.24) is 0 Å². The van der Waals surface area contributed by atoms with Crippen molar-refractivity contribution in [3.8, 4) is 17.2 Å². The molecule has 25 heavy (non-hydrogen) atoms. The second kappa shape index (κ2) is 8.73. The van der Waals surface area contributed by atoms with Gasteiger partial charge in [-0.3, -0.25) is 4.79 Å². The summed E-state index contributed by atoms with van der Waals surface area (Å²) in [6, 6.07) is 11.9. The number of phenols is 1. The Balaban J connectivity index is 2.15. The smallest absolute Gasteiger partial charge is 0.185 e. The predicted molar refractivity (Wildman–Crippen MR) is 99.4 cm³/mol. The Morgan fingerprint density at radius 2 is 1.88 bits per heavy atom. The molecule has 0 amide bonds. The van der Waals surface area contributed by atoms with Crippen molar-refractivity contribution in [1.29, 1.82) is 0 Å². The Labute approximate surface area is 148 Å². The lowest BCUT2D eigenvalue weighted by atomic mass is 10.1. The third kappa shape index (κ3) is 5.24. The molecule has 0 saturated carbocycles. The van der Waals surface area contributed by atoms with Crippen LogP contribution in [-0.2, 0) is 0 Å². The SMILES string of the molecule is COc1cc(C(=O)/C=C/c2ccccc2O)ccc1OCC=C(C)C. The summed E-state index contributed by atoms with van der Waals surface area (Å²) in [5.41, 5.74) is 2.24. The minimum Gasteiger partial charge on any atom is -0.507 e. The molecule has 0 aliphatic heterocycles. The summed E-state index contributed by atoms with van der Waals surface area (Å²) in [5, 5.41) is 9.73. The number of ether oxygens (including phenoxy) is 2. The molecule has 0 aromatic heterocycles. The Kier molecular flexibility index (Phi) is 6.40. The van der Waals surface area contributed by atoms with Crippen molar-refractivity contribution in [2.24, 2.45) is 0 Å². The zero-order chi connectivity index (χ0) is 18.2. The van der Waals surface area contributed by atoms with Crippen molar-refractivity contribution in [3.05, 3.63) is 71.3 Å². The molecule has 4 nitrogen and oxygen atoms in total. The van der Waals surface area contributed by atoms with E-state index in [9.17, 15) is 9.90 Å². The lowest BCUT2D eigenvalue weighted by Crippen LogP contribution is -2.00. The fraction of sp³-hybridized carbons (Fsp3) is 0.190. The van der Waals surface area contributed by atoms with Crippen LogP contribution < -0.4 is 9.47 Å². The van der Waals surface area contributed by atoms with Crippen LogP contribution >= 0.6 is 0 Å². The minimum atomic E-state index is -0.183. The van der Waals surface area contributed by atoms with E-state index in [1.807, 2.05) is 19.9 Å². The van der Waals surface area contributed by atoms with E-state index in [2.05, 4.69) is 0 Å². The average molecular weight is 338 g/mol. The van der Waals surface area contributed by atoms with E-state index in [1.165, 1.54) is 18.8 Å². The number of ketones is 1. The van der Waals surface area contributed by atoms with Gasteiger partial charge in [0.15, 0.2) is 17.3 Å². The van der Waals surface area contributed by atoms with Gasteiger partial charge in [0.25, 0.3) is 0 Å². The molecule has 0 saturated heterocycles. The van der Waals surface area contributed by atoms with Crippen LogP contribution in [0.25, 0.3) is 6.08 Å². The largest absolute Gasteiger partial charge is 0.507 e. The highest BCUT2D eigenvalue weighted by molar-refractivity contribution is 6.07. The lowest BCUT2D eigenvalue weighted by Gasteiger charge is -2.10. The van der Waals surface area contributed by atoms with Crippen molar-refractivity contribution >= 4 is 11.9 Å². The molecule has 0 bridgehead atoms. The molecule has 0 aliphatic carbocycles. The summed E-state index contributed by atoms with van der Waals surface area (Å²) in [7, 11) is 1.54. The van der Waals surface area contributed by atoms with E-state index < -0.39 is 0 Å². The number of para-hydroxylation sites is 1. The van der Waals surface area contributed by atoms with Gasteiger partial charge in [-0.15, -0.1) is 0 Å². The van der Waals surface area contributed by atoms with Crippen LogP contribution in [-0.4, -0.2) is 24.6 Å². The first-order valence-electron chi connectivity index (χ1n) is 7.96. The predicted octanol–water partition coefficient (Wildman–Crippen LogP) is 4.64. The molecule has 0 unspecified atom stereocenters. The van der Waals surface area contributed by atoms with Gasteiger partial charge in [-0.05, 0) is 56.3 Å². The van der Waals surface area contributed by atoms with Crippen molar-refractivity contribution < 1.29 is 19.4 Å². The van der Waals surface area contributed by atoms with E-state index in [1.54, 1.807) is 48.5 Å². The number of benzene rings is 2. The third-order valence-corrected chi connectivity index (χ3v) is 3.53. The van der Waals surface area contributed by atoms with E-state index in [0.717, 1.165) is 0 Å². The lowest BCUT2D eigenvalue weighted by molar-refractivity contribution is 0.104. The van der Waals surface area contributed by atoms with E-state index in [4.69, 9.17) is 9.47 Å². The molecular weight excluding hydrogens is 316 g/mol. The quantitative estimate of drug-likeness (QED) is 0.454. The maximum atomic E-state index is 12.3. The maximum Gasteiger partial charge on any atom is 0.185 e. The normalized spacial score (nSPS) is 10.5. The zero-order valence-electron chi connectivity index (χ0n) is 14.7. The second-order valence-electron chi connectivity index (χ2n) is 5.71. The third-order valence-electron chi connectivity index (χ3n) is 3.53. The first-order chi connectivity index (χ1) is 12.0. The van der Waals surface area contributed by atoms with Gasteiger partial charge in [-0.2, -0.15) is 0 Å². The van der Waals surface area contributed by atoms with Crippen molar-refractivity contribution in [2.75, 3.05) is 13.7 Å². The number of allylic oxidation sites excluding steroid dienone is 2. The molecule has 0 atom stereocenters. The number of phenolic OH excluding ortho intramolecular Hbond substituents is 1. The zero-order valence-corrected chi connectivity index (χ0v) is 14.7. The van der Waals surface area contributed by atoms with Gasteiger partial charge in [-0.1, -0.05) is 23.8 Å². The Morgan fingerprint density at radius 3 is 2.56 bits per heavy atom. The van der Waals surface area contributed by atoms with Crippen LogP contribution in [0.1, 0.15) is 29.8 Å². The van der Waals surface area contributed by atoms with Crippen molar-refractivity contribution in [2.45, 2.75) is 13.8 Å². The van der Waals surface area contributed by atoms with Crippen LogP contribution in [0.5, 0.6) is 17.2 Å².